The zero-order valence-corrected chi connectivity index (χ0v) is 27.3. The Morgan fingerprint density at radius 2 is 0.653 bits per heavy atom. The summed E-state index contributed by atoms with van der Waals surface area (Å²) in [5, 5.41) is 104. The molecule has 4 fully saturated rings. The van der Waals surface area contributed by atoms with Crippen LogP contribution in [0.2, 0.25) is 0 Å². The average molecular weight is 723 g/mol. The lowest BCUT2D eigenvalue weighted by Gasteiger charge is -2.50. The van der Waals surface area contributed by atoms with Crippen molar-refractivity contribution in [2.75, 3.05) is 54.9 Å². The van der Waals surface area contributed by atoms with Crippen LogP contribution in [0.15, 0.2) is 0 Å². The van der Waals surface area contributed by atoms with Gasteiger partial charge in [-0.1, -0.05) is 0 Å². The topological polar surface area (TPSA) is 304 Å². The maximum Gasteiger partial charge on any atom is 0.187 e. The van der Waals surface area contributed by atoms with E-state index in [-0.39, 0.29) is 0 Å². The molecule has 4 aliphatic rings. The average Bonchev–Trinajstić information content (AvgIpc) is 3.10. The van der Waals surface area contributed by atoms with Crippen molar-refractivity contribution >= 4 is 0 Å². The van der Waals surface area contributed by atoms with Gasteiger partial charge in [-0.3, -0.25) is 0 Å². The number of hydrogen-bond donors (Lipinski definition) is 10. The molecule has 4 aliphatic heterocycles. The van der Waals surface area contributed by atoms with Crippen LogP contribution < -0.4 is 0 Å². The second-order valence-corrected chi connectivity index (χ2v) is 12.0. The van der Waals surface area contributed by atoms with Crippen molar-refractivity contribution in [3.8, 4) is 0 Å². The molecule has 0 aromatic heterocycles. The maximum absolute atomic E-state index is 11.3. The van der Waals surface area contributed by atoms with Gasteiger partial charge >= 0.3 is 0 Å². The summed E-state index contributed by atoms with van der Waals surface area (Å²) in [6.45, 7) is -2.80. The summed E-state index contributed by atoms with van der Waals surface area (Å²) in [4.78, 5) is 0. The van der Waals surface area contributed by atoms with E-state index in [9.17, 15) is 51.1 Å². The molecule has 4 saturated heterocycles. The van der Waals surface area contributed by atoms with E-state index >= 15 is 0 Å². The van der Waals surface area contributed by atoms with Crippen molar-refractivity contribution in [2.24, 2.45) is 0 Å². The lowest BCUT2D eigenvalue weighted by molar-refractivity contribution is -0.390. The fourth-order valence-corrected chi connectivity index (χ4v) is 6.49. The Bertz CT molecular complexity index is 981. The lowest BCUT2D eigenvalue weighted by Crippen LogP contribution is -2.68. The van der Waals surface area contributed by atoms with E-state index < -0.39 is 149 Å². The highest BCUT2D eigenvalue weighted by atomic mass is 16.8. The van der Waals surface area contributed by atoms with Crippen LogP contribution in [0.5, 0.6) is 0 Å². The molecule has 20 atom stereocenters. The summed E-state index contributed by atoms with van der Waals surface area (Å²) in [6.07, 6.45) is -28.7. The summed E-state index contributed by atoms with van der Waals surface area (Å²) < 4.78 is 61.8. The summed E-state index contributed by atoms with van der Waals surface area (Å²) in [5.41, 5.74) is 0. The van der Waals surface area contributed by atoms with E-state index in [2.05, 4.69) is 0 Å². The van der Waals surface area contributed by atoms with Crippen molar-refractivity contribution < 1.29 is 103 Å². The monoisotopic (exact) mass is 722 g/mol. The Hall–Kier alpha value is -0.840. The normalized spacial score (nSPS) is 49.6. The highest BCUT2D eigenvalue weighted by molar-refractivity contribution is 4.98. The number of rotatable bonds is 14. The predicted octanol–water partition coefficient (Wildman–Crippen LogP) is -7.13. The number of aliphatic hydroxyl groups excluding tert-OH is 10. The van der Waals surface area contributed by atoms with Crippen molar-refractivity contribution in [3.63, 3.8) is 0 Å². The fraction of sp³-hybridized carbons (Fsp3) is 1.00. The summed E-state index contributed by atoms with van der Waals surface area (Å²) in [7, 11) is 5.00. The molecule has 10 N–H and O–H groups in total. The molecule has 49 heavy (non-hydrogen) atoms. The molecular formula is C28H50O21. The quantitative estimate of drug-likeness (QED) is 0.0796. The minimum absolute atomic E-state index is 0.590. The van der Waals surface area contributed by atoms with Gasteiger partial charge in [0.2, 0.25) is 0 Å². The number of methoxy groups -OCH3 is 4. The molecule has 0 bridgehead atoms. The Morgan fingerprint density at radius 1 is 0.347 bits per heavy atom. The van der Waals surface area contributed by atoms with E-state index in [4.69, 9.17) is 52.1 Å². The minimum Gasteiger partial charge on any atom is -0.394 e. The molecule has 21 heteroatoms. The molecule has 0 aliphatic carbocycles. The Kier molecular flexibility index (Phi) is 15.3. The van der Waals surface area contributed by atoms with E-state index in [0.29, 0.717) is 0 Å². The van der Waals surface area contributed by atoms with Gasteiger partial charge in [-0.15, -0.1) is 0 Å². The van der Waals surface area contributed by atoms with Crippen LogP contribution in [0.4, 0.5) is 0 Å². The highest BCUT2D eigenvalue weighted by Crippen LogP contribution is 2.35. The van der Waals surface area contributed by atoms with E-state index in [1.54, 1.807) is 0 Å². The van der Waals surface area contributed by atoms with E-state index in [1.807, 2.05) is 0 Å². The molecule has 4 heterocycles. The van der Waals surface area contributed by atoms with E-state index in [0.717, 1.165) is 0 Å². The summed E-state index contributed by atoms with van der Waals surface area (Å²) in [5.74, 6) is 0. The second-order valence-electron chi connectivity index (χ2n) is 12.0. The fourth-order valence-electron chi connectivity index (χ4n) is 6.49. The van der Waals surface area contributed by atoms with Crippen LogP contribution in [-0.4, -0.2) is 229 Å². The molecule has 0 spiro atoms. The molecule has 0 radical (unpaired) electrons. The largest absolute Gasteiger partial charge is 0.394 e. The number of ether oxygens (including phenoxy) is 11. The summed E-state index contributed by atoms with van der Waals surface area (Å²) >= 11 is 0. The van der Waals surface area contributed by atoms with Crippen LogP contribution in [0, 0.1) is 0 Å². The van der Waals surface area contributed by atoms with Crippen LogP contribution >= 0.6 is 0 Å². The minimum atomic E-state index is -1.80. The van der Waals surface area contributed by atoms with Crippen LogP contribution in [0.1, 0.15) is 0 Å². The Labute approximate surface area is 281 Å². The zero-order chi connectivity index (χ0) is 36.2. The molecule has 0 unspecified atom stereocenters. The zero-order valence-electron chi connectivity index (χ0n) is 27.3. The van der Waals surface area contributed by atoms with Gasteiger partial charge in [-0.2, -0.15) is 0 Å². The van der Waals surface area contributed by atoms with Crippen LogP contribution in [0.3, 0.4) is 0 Å². The van der Waals surface area contributed by atoms with Gasteiger partial charge in [0.15, 0.2) is 25.2 Å². The molecule has 0 aromatic carbocycles. The predicted molar refractivity (Wildman–Crippen MR) is 153 cm³/mol. The van der Waals surface area contributed by atoms with Gasteiger partial charge in [0.1, 0.15) is 97.7 Å². The molecule has 4 rings (SSSR count). The highest BCUT2D eigenvalue weighted by Gasteiger charge is 2.56. The van der Waals surface area contributed by atoms with Crippen LogP contribution in [0.25, 0.3) is 0 Å². The van der Waals surface area contributed by atoms with Crippen LogP contribution in [-0.2, 0) is 52.1 Å². The Balaban J connectivity index is 1.50. The molecule has 288 valence electrons. The third-order valence-corrected chi connectivity index (χ3v) is 9.15. The van der Waals surface area contributed by atoms with Gasteiger partial charge in [-0.25, -0.2) is 0 Å². The van der Waals surface area contributed by atoms with Gasteiger partial charge in [0.05, 0.1) is 26.4 Å². The first-order chi connectivity index (χ1) is 23.4. The first kappa shape index (κ1) is 40.9. The molecule has 21 nitrogen and oxygen atoms in total. The van der Waals surface area contributed by atoms with Gasteiger partial charge in [0.25, 0.3) is 0 Å². The maximum atomic E-state index is 11.3. The van der Waals surface area contributed by atoms with E-state index in [1.165, 1.54) is 28.4 Å². The SMILES string of the molecule is CO[C@H]1O[C@H](CO)[C@@H](O[C@H]2O[C@H](CO)[C@@H](O[C@H]3O[C@H](CO)[C@@H](O[C@H]4O[C@H](CO)[C@@H](O)[C@H](O)[C@@H]4O)[C@H](OC)[C@@H]3O)[C@H](OC)[C@@H]2O)[C@H](OC)[C@@H]1O. The van der Waals surface area contributed by atoms with Crippen molar-refractivity contribution in [1.29, 1.82) is 0 Å². The molecule has 0 saturated carbocycles. The Morgan fingerprint density at radius 3 is 0.980 bits per heavy atom. The lowest BCUT2D eigenvalue weighted by atomic mass is 9.95. The molecular weight excluding hydrogens is 672 g/mol. The molecule has 0 amide bonds. The second kappa shape index (κ2) is 18.3. The summed E-state index contributed by atoms with van der Waals surface area (Å²) in [6, 6.07) is 0. The molecule has 0 aromatic rings. The third kappa shape index (κ3) is 8.38. The third-order valence-electron chi connectivity index (χ3n) is 9.15. The van der Waals surface area contributed by atoms with Gasteiger partial charge in [-0.05, 0) is 0 Å². The first-order valence-corrected chi connectivity index (χ1v) is 15.7. The van der Waals surface area contributed by atoms with Crippen molar-refractivity contribution in [2.45, 2.75) is 123 Å². The van der Waals surface area contributed by atoms with Crippen molar-refractivity contribution in [3.05, 3.63) is 0 Å². The smallest absolute Gasteiger partial charge is 0.187 e. The standard InChI is InChI=1S/C28H50O21/c1-39-22-16(36)25(42-4)44-10(6-30)19(22)48-27-18(38)24(41-3)21(12(8-32)46-27)49-28-17(37)23(40-2)20(11(7-31)45-28)47-26-15(35)14(34)13(33)9(5-29)43-26/h9-38H,5-8H2,1-4H3/t9-,10-,11-,12-,13-,14+,15+,16+,17+,18+,19-,20-,21-,22-,23-,24-,25+,26-,27-,28-/m1/s1. The van der Waals surface area contributed by atoms with Gasteiger partial charge < -0.3 is 103 Å². The first-order valence-electron chi connectivity index (χ1n) is 15.7. The number of aliphatic hydroxyl groups is 10. The van der Waals surface area contributed by atoms with Crippen molar-refractivity contribution in [1.82, 2.24) is 0 Å². The number of hydrogen-bond acceptors (Lipinski definition) is 21. The van der Waals surface area contributed by atoms with Gasteiger partial charge in [0, 0.05) is 28.4 Å².